The second-order valence-electron chi connectivity index (χ2n) is 5.85. The van der Waals surface area contributed by atoms with Crippen molar-refractivity contribution < 1.29 is 0 Å². The van der Waals surface area contributed by atoms with Gasteiger partial charge in [0.1, 0.15) is 0 Å². The third-order valence-corrected chi connectivity index (χ3v) is 4.41. The first-order chi connectivity index (χ1) is 9.09. The Kier molecular flexibility index (Phi) is 4.99. The smallest absolute Gasteiger partial charge is 0.0641 e. The van der Waals surface area contributed by atoms with E-state index in [2.05, 4.69) is 36.1 Å². The molecule has 0 aromatic carbocycles. The van der Waals surface area contributed by atoms with Crippen LogP contribution in [0, 0.1) is 13.8 Å². The molecule has 0 radical (unpaired) electrons. The van der Waals surface area contributed by atoms with Crippen molar-refractivity contribution in [1.82, 2.24) is 20.0 Å². The Morgan fingerprint density at radius 2 is 1.89 bits per heavy atom. The number of nitrogens with zero attached hydrogens (tertiary/aromatic N) is 3. The highest BCUT2D eigenvalue weighted by atomic mass is 15.3. The fraction of sp³-hybridized carbons (Fsp3) is 0.800. The van der Waals surface area contributed by atoms with E-state index < -0.39 is 0 Å². The highest BCUT2D eigenvalue weighted by Gasteiger charge is 2.16. The topological polar surface area (TPSA) is 33.1 Å². The number of aromatic nitrogens is 2. The van der Waals surface area contributed by atoms with Crippen LogP contribution in [0.5, 0.6) is 0 Å². The van der Waals surface area contributed by atoms with Gasteiger partial charge in [0.15, 0.2) is 0 Å². The summed E-state index contributed by atoms with van der Waals surface area (Å²) in [5.41, 5.74) is 3.78. The van der Waals surface area contributed by atoms with Gasteiger partial charge in [-0.25, -0.2) is 0 Å². The molecule has 1 N–H and O–H groups in total. The average molecular weight is 264 g/mol. The zero-order valence-electron chi connectivity index (χ0n) is 12.9. The van der Waals surface area contributed by atoms with Crippen molar-refractivity contribution in [3.63, 3.8) is 0 Å². The lowest BCUT2D eigenvalue weighted by Crippen LogP contribution is -2.43. The normalized spacial score (nSPS) is 18.7. The van der Waals surface area contributed by atoms with Crippen molar-refractivity contribution in [2.75, 3.05) is 19.6 Å². The Labute approximate surface area is 117 Å². The number of rotatable bonds is 5. The van der Waals surface area contributed by atoms with Crippen molar-refractivity contribution in [2.45, 2.75) is 52.6 Å². The second-order valence-corrected chi connectivity index (χ2v) is 5.85. The van der Waals surface area contributed by atoms with E-state index in [0.717, 1.165) is 18.8 Å². The molecule has 4 nitrogen and oxygen atoms in total. The largest absolute Gasteiger partial charge is 0.311 e. The van der Waals surface area contributed by atoms with Crippen LogP contribution in [-0.2, 0) is 13.6 Å². The summed E-state index contributed by atoms with van der Waals surface area (Å²) < 4.78 is 1.97. The van der Waals surface area contributed by atoms with Gasteiger partial charge < -0.3 is 5.32 Å². The molecule has 0 spiro atoms. The lowest BCUT2D eigenvalue weighted by molar-refractivity contribution is 0.170. The van der Waals surface area contributed by atoms with E-state index in [1.807, 2.05) is 11.7 Å². The fourth-order valence-electron chi connectivity index (χ4n) is 2.97. The van der Waals surface area contributed by atoms with E-state index in [0.29, 0.717) is 6.04 Å². The number of hydrogen-bond donors (Lipinski definition) is 1. The van der Waals surface area contributed by atoms with Crippen LogP contribution in [0.3, 0.4) is 0 Å². The monoisotopic (exact) mass is 264 g/mol. The van der Waals surface area contributed by atoms with Gasteiger partial charge in [-0.3, -0.25) is 9.58 Å². The van der Waals surface area contributed by atoms with E-state index in [1.165, 1.54) is 43.6 Å². The van der Waals surface area contributed by atoms with Crippen molar-refractivity contribution in [1.29, 1.82) is 0 Å². The van der Waals surface area contributed by atoms with E-state index in [1.54, 1.807) is 0 Å². The van der Waals surface area contributed by atoms with Gasteiger partial charge in [-0.1, -0.05) is 6.42 Å². The van der Waals surface area contributed by atoms with Crippen molar-refractivity contribution >= 4 is 0 Å². The van der Waals surface area contributed by atoms with Gasteiger partial charge in [0.25, 0.3) is 0 Å². The van der Waals surface area contributed by atoms with E-state index in [9.17, 15) is 0 Å². The molecule has 2 heterocycles. The highest BCUT2D eigenvalue weighted by Crippen LogP contribution is 2.13. The minimum atomic E-state index is 0.637. The van der Waals surface area contributed by atoms with Crippen LogP contribution >= 0.6 is 0 Å². The molecule has 1 aliphatic heterocycles. The Morgan fingerprint density at radius 3 is 2.47 bits per heavy atom. The molecule has 108 valence electrons. The molecule has 1 saturated heterocycles. The molecule has 0 amide bonds. The molecule has 0 bridgehead atoms. The van der Waals surface area contributed by atoms with Crippen LogP contribution in [0.2, 0.25) is 0 Å². The fourth-order valence-corrected chi connectivity index (χ4v) is 2.97. The standard InChI is InChI=1S/C15H28N4/c1-12(19-8-6-5-7-9-19)10-16-11-15-13(2)17-18(4)14(15)3/h12,16H,5-11H2,1-4H3. The lowest BCUT2D eigenvalue weighted by atomic mass is 10.1. The molecule has 1 aromatic heterocycles. The van der Waals surface area contributed by atoms with Crippen LogP contribution in [0.25, 0.3) is 0 Å². The first-order valence-electron chi connectivity index (χ1n) is 7.53. The molecule has 1 atom stereocenters. The lowest BCUT2D eigenvalue weighted by Gasteiger charge is -2.32. The third kappa shape index (κ3) is 3.57. The molecule has 1 fully saturated rings. The summed E-state index contributed by atoms with van der Waals surface area (Å²) in [4.78, 5) is 2.61. The first kappa shape index (κ1) is 14.5. The van der Waals surface area contributed by atoms with Crippen molar-refractivity contribution in [3.8, 4) is 0 Å². The number of hydrogen-bond acceptors (Lipinski definition) is 3. The van der Waals surface area contributed by atoms with Gasteiger partial charge in [0.2, 0.25) is 0 Å². The summed E-state index contributed by atoms with van der Waals surface area (Å²) in [5.74, 6) is 0. The van der Waals surface area contributed by atoms with Gasteiger partial charge in [0, 0.05) is 37.4 Å². The summed E-state index contributed by atoms with van der Waals surface area (Å²) in [6.45, 7) is 11.1. The van der Waals surface area contributed by atoms with Gasteiger partial charge >= 0.3 is 0 Å². The first-order valence-corrected chi connectivity index (χ1v) is 7.53. The molecule has 4 heteroatoms. The molecular weight excluding hydrogens is 236 g/mol. The molecule has 0 aliphatic carbocycles. The van der Waals surface area contributed by atoms with Gasteiger partial charge in [-0.15, -0.1) is 0 Å². The quantitative estimate of drug-likeness (QED) is 0.883. The molecular formula is C15H28N4. The molecule has 1 aliphatic rings. The van der Waals surface area contributed by atoms with Crippen LogP contribution in [0.4, 0.5) is 0 Å². The predicted molar refractivity (Wildman–Crippen MR) is 79.3 cm³/mol. The molecule has 1 aromatic rings. The van der Waals surface area contributed by atoms with Crippen LogP contribution in [0.15, 0.2) is 0 Å². The number of likely N-dealkylation sites (tertiary alicyclic amines) is 1. The Balaban J connectivity index is 1.79. The maximum Gasteiger partial charge on any atom is 0.0641 e. The predicted octanol–water partition coefficient (Wildman–Crippen LogP) is 2.00. The number of piperidine rings is 1. The SMILES string of the molecule is Cc1nn(C)c(C)c1CNCC(C)N1CCCCC1. The third-order valence-electron chi connectivity index (χ3n) is 4.41. The van der Waals surface area contributed by atoms with Crippen molar-refractivity contribution in [3.05, 3.63) is 17.0 Å². The van der Waals surface area contributed by atoms with E-state index >= 15 is 0 Å². The molecule has 1 unspecified atom stereocenters. The van der Waals surface area contributed by atoms with Gasteiger partial charge in [-0.2, -0.15) is 5.10 Å². The Hall–Kier alpha value is -0.870. The van der Waals surface area contributed by atoms with Gasteiger partial charge in [0.05, 0.1) is 5.69 Å². The van der Waals surface area contributed by atoms with Crippen LogP contribution < -0.4 is 5.32 Å². The maximum absolute atomic E-state index is 4.46. The van der Waals surface area contributed by atoms with Gasteiger partial charge in [-0.05, 0) is 46.7 Å². The maximum atomic E-state index is 4.46. The van der Waals surface area contributed by atoms with E-state index in [-0.39, 0.29) is 0 Å². The zero-order valence-corrected chi connectivity index (χ0v) is 12.9. The summed E-state index contributed by atoms with van der Waals surface area (Å²) in [6, 6.07) is 0.637. The average Bonchev–Trinajstić information content (AvgIpc) is 2.66. The number of aryl methyl sites for hydroxylation is 2. The minimum Gasteiger partial charge on any atom is -0.311 e. The van der Waals surface area contributed by atoms with Crippen LogP contribution in [0.1, 0.15) is 43.1 Å². The zero-order chi connectivity index (χ0) is 13.8. The summed E-state index contributed by atoms with van der Waals surface area (Å²) in [7, 11) is 2.02. The molecule has 0 saturated carbocycles. The minimum absolute atomic E-state index is 0.637. The van der Waals surface area contributed by atoms with Crippen LogP contribution in [-0.4, -0.2) is 40.4 Å². The highest BCUT2D eigenvalue weighted by molar-refractivity contribution is 5.23. The summed E-state index contributed by atoms with van der Waals surface area (Å²) >= 11 is 0. The van der Waals surface area contributed by atoms with E-state index in [4.69, 9.17) is 0 Å². The second kappa shape index (κ2) is 6.53. The summed E-state index contributed by atoms with van der Waals surface area (Å²) in [5, 5.41) is 8.06. The molecule has 19 heavy (non-hydrogen) atoms. The number of nitrogens with one attached hydrogen (secondary N) is 1. The Bertz CT molecular complexity index is 405. The Morgan fingerprint density at radius 1 is 1.21 bits per heavy atom. The summed E-state index contributed by atoms with van der Waals surface area (Å²) in [6.07, 6.45) is 4.14. The van der Waals surface area contributed by atoms with Crippen molar-refractivity contribution in [2.24, 2.45) is 7.05 Å². The molecule has 2 rings (SSSR count).